The summed E-state index contributed by atoms with van der Waals surface area (Å²) in [5.41, 5.74) is 6.32. The predicted octanol–water partition coefficient (Wildman–Crippen LogP) is 3.78. The van der Waals surface area contributed by atoms with Gasteiger partial charge in [0.25, 0.3) is 0 Å². The average Bonchev–Trinajstić information content (AvgIpc) is 2.85. The molecule has 6 heteroatoms. The van der Waals surface area contributed by atoms with E-state index in [-0.39, 0.29) is 0 Å². The maximum Gasteiger partial charge on any atom is 0.163 e. The van der Waals surface area contributed by atoms with Crippen molar-refractivity contribution in [1.82, 2.24) is 9.97 Å². The molecule has 102 valence electrons. The fraction of sp³-hybridized carbons (Fsp3) is 0.143. The van der Waals surface area contributed by atoms with Gasteiger partial charge in [0.2, 0.25) is 0 Å². The van der Waals surface area contributed by atoms with E-state index in [0.29, 0.717) is 17.2 Å². The molecule has 0 atom stereocenters. The van der Waals surface area contributed by atoms with E-state index in [1.165, 1.54) is 17.4 Å². The number of fused-ring (bicyclic) bond motifs is 1. The highest BCUT2D eigenvalue weighted by atomic mass is 32.1. The quantitative estimate of drug-likeness (QED) is 0.781. The van der Waals surface area contributed by atoms with E-state index in [0.717, 1.165) is 33.6 Å². The maximum atomic E-state index is 13.3. The summed E-state index contributed by atoms with van der Waals surface area (Å²) in [6.07, 6.45) is 0.890. The molecule has 3 nitrogen and oxygen atoms in total. The van der Waals surface area contributed by atoms with Gasteiger partial charge in [-0.25, -0.2) is 18.7 Å². The van der Waals surface area contributed by atoms with Crippen LogP contribution in [-0.2, 0) is 6.42 Å². The molecule has 0 aliphatic carbocycles. The van der Waals surface area contributed by atoms with E-state index in [1.807, 2.05) is 13.0 Å². The van der Waals surface area contributed by atoms with E-state index in [4.69, 9.17) is 5.73 Å². The minimum absolute atomic E-state index is 0.304. The number of hydrogen-bond acceptors (Lipinski definition) is 4. The molecule has 0 fully saturated rings. The van der Waals surface area contributed by atoms with Crippen LogP contribution in [0.5, 0.6) is 0 Å². The highest BCUT2D eigenvalue weighted by Gasteiger charge is 2.12. The summed E-state index contributed by atoms with van der Waals surface area (Å²) in [6, 6.07) is 5.53. The number of benzene rings is 1. The van der Waals surface area contributed by atoms with Crippen LogP contribution in [-0.4, -0.2) is 9.97 Å². The van der Waals surface area contributed by atoms with Crippen LogP contribution in [0.15, 0.2) is 24.3 Å². The topological polar surface area (TPSA) is 51.8 Å². The summed E-state index contributed by atoms with van der Waals surface area (Å²) in [6.45, 7) is 2.05. The van der Waals surface area contributed by atoms with Gasteiger partial charge in [-0.2, -0.15) is 0 Å². The lowest BCUT2D eigenvalue weighted by Gasteiger charge is -2.03. The number of aromatic nitrogens is 2. The number of rotatable bonds is 2. The van der Waals surface area contributed by atoms with Crippen molar-refractivity contribution >= 4 is 27.4 Å². The second-order valence-corrected chi connectivity index (χ2v) is 5.46. The van der Waals surface area contributed by atoms with E-state index in [9.17, 15) is 8.78 Å². The number of nitrogen functional groups attached to an aromatic ring is 1. The Morgan fingerprint density at radius 3 is 2.65 bits per heavy atom. The van der Waals surface area contributed by atoms with Crippen molar-refractivity contribution in [3.63, 3.8) is 0 Å². The highest BCUT2D eigenvalue weighted by Crippen LogP contribution is 2.30. The molecule has 0 saturated carbocycles. The van der Waals surface area contributed by atoms with Gasteiger partial charge in [0.1, 0.15) is 10.6 Å². The molecule has 2 aromatic heterocycles. The summed E-state index contributed by atoms with van der Waals surface area (Å²) in [5, 5.41) is 0.804. The third-order valence-corrected chi connectivity index (χ3v) is 4.17. The fourth-order valence-corrected chi connectivity index (χ4v) is 2.91. The fourth-order valence-electron chi connectivity index (χ4n) is 1.93. The molecule has 0 amide bonds. The Morgan fingerprint density at radius 2 is 1.95 bits per heavy atom. The third kappa shape index (κ3) is 2.12. The normalized spacial score (nSPS) is 11.2. The lowest BCUT2D eigenvalue weighted by molar-refractivity contribution is 0.509. The zero-order chi connectivity index (χ0) is 14.3. The number of aryl methyl sites for hydroxylation is 1. The second-order valence-electron chi connectivity index (χ2n) is 4.35. The molecule has 0 spiro atoms. The van der Waals surface area contributed by atoms with Crippen LogP contribution in [0, 0.1) is 11.6 Å². The largest absolute Gasteiger partial charge is 0.383 e. The minimum Gasteiger partial charge on any atom is -0.383 e. The Balaban J connectivity index is 2.18. The van der Waals surface area contributed by atoms with Gasteiger partial charge in [-0.1, -0.05) is 6.92 Å². The summed E-state index contributed by atoms with van der Waals surface area (Å²) < 4.78 is 26.2. The molecule has 1 aromatic carbocycles. The second kappa shape index (κ2) is 4.79. The summed E-state index contributed by atoms with van der Waals surface area (Å²) in [7, 11) is 0. The van der Waals surface area contributed by atoms with Crippen molar-refractivity contribution in [2.24, 2.45) is 0 Å². The van der Waals surface area contributed by atoms with E-state index >= 15 is 0 Å². The Kier molecular flexibility index (Phi) is 3.10. The number of nitrogens with two attached hydrogens (primary N) is 1. The standard InChI is InChI=1S/C14H11F2N3S/c1-2-8-6-9-12(17)18-13(19-14(9)20-8)7-3-4-10(15)11(16)5-7/h3-6H,2H2,1H3,(H2,17,18,19). The number of anilines is 1. The van der Waals surface area contributed by atoms with Gasteiger partial charge in [-0.15, -0.1) is 11.3 Å². The van der Waals surface area contributed by atoms with Crippen LogP contribution < -0.4 is 5.73 Å². The van der Waals surface area contributed by atoms with Gasteiger partial charge in [-0.3, -0.25) is 0 Å². The molecule has 20 heavy (non-hydrogen) atoms. The molecule has 3 aromatic rings. The van der Waals surface area contributed by atoms with Gasteiger partial charge in [0.05, 0.1) is 5.39 Å². The van der Waals surface area contributed by atoms with Crippen LogP contribution in [0.3, 0.4) is 0 Å². The molecular formula is C14H11F2N3S. The van der Waals surface area contributed by atoms with Crippen molar-refractivity contribution < 1.29 is 8.78 Å². The summed E-state index contributed by atoms with van der Waals surface area (Å²) >= 11 is 1.53. The van der Waals surface area contributed by atoms with E-state index in [1.54, 1.807) is 0 Å². The van der Waals surface area contributed by atoms with Crippen LogP contribution in [0.4, 0.5) is 14.6 Å². The van der Waals surface area contributed by atoms with Crippen LogP contribution in [0.1, 0.15) is 11.8 Å². The van der Waals surface area contributed by atoms with Gasteiger partial charge in [0.15, 0.2) is 17.5 Å². The minimum atomic E-state index is -0.926. The molecule has 2 N–H and O–H groups in total. The van der Waals surface area contributed by atoms with Crippen molar-refractivity contribution in [2.45, 2.75) is 13.3 Å². The predicted molar refractivity (Wildman–Crippen MR) is 76.6 cm³/mol. The van der Waals surface area contributed by atoms with E-state index in [2.05, 4.69) is 9.97 Å². The van der Waals surface area contributed by atoms with Gasteiger partial charge < -0.3 is 5.73 Å². The number of hydrogen-bond donors (Lipinski definition) is 1. The molecule has 3 rings (SSSR count). The zero-order valence-corrected chi connectivity index (χ0v) is 11.5. The molecule has 0 bridgehead atoms. The molecule has 0 radical (unpaired) electrons. The van der Waals surface area contributed by atoms with Crippen LogP contribution >= 0.6 is 11.3 Å². The van der Waals surface area contributed by atoms with Crippen molar-refractivity contribution in [3.8, 4) is 11.4 Å². The summed E-state index contributed by atoms with van der Waals surface area (Å²) in [4.78, 5) is 10.5. The Hall–Kier alpha value is -2.08. The van der Waals surface area contributed by atoms with Crippen LogP contribution in [0.2, 0.25) is 0 Å². The maximum absolute atomic E-state index is 13.3. The number of thiophene rings is 1. The first-order valence-corrected chi connectivity index (χ1v) is 6.91. The molecule has 2 heterocycles. The van der Waals surface area contributed by atoms with Gasteiger partial charge in [0, 0.05) is 10.4 Å². The van der Waals surface area contributed by atoms with Crippen LogP contribution in [0.25, 0.3) is 21.6 Å². The molecule has 0 saturated heterocycles. The Morgan fingerprint density at radius 1 is 1.15 bits per heavy atom. The summed E-state index contributed by atoms with van der Waals surface area (Å²) in [5.74, 6) is -1.17. The Labute approximate surface area is 118 Å². The number of halogens is 2. The first kappa shape index (κ1) is 12.9. The molecule has 0 aliphatic rings. The molecule has 0 aliphatic heterocycles. The van der Waals surface area contributed by atoms with Gasteiger partial charge >= 0.3 is 0 Å². The lowest BCUT2D eigenvalue weighted by atomic mass is 10.2. The monoisotopic (exact) mass is 291 g/mol. The lowest BCUT2D eigenvalue weighted by Crippen LogP contribution is -1.96. The van der Waals surface area contributed by atoms with Crippen molar-refractivity contribution in [1.29, 1.82) is 0 Å². The molecular weight excluding hydrogens is 280 g/mol. The highest BCUT2D eigenvalue weighted by molar-refractivity contribution is 7.18. The first-order valence-electron chi connectivity index (χ1n) is 6.10. The van der Waals surface area contributed by atoms with Crippen molar-refractivity contribution in [2.75, 3.05) is 5.73 Å². The van der Waals surface area contributed by atoms with E-state index < -0.39 is 11.6 Å². The van der Waals surface area contributed by atoms with Crippen molar-refractivity contribution in [3.05, 3.63) is 40.8 Å². The molecule has 0 unspecified atom stereocenters. The zero-order valence-electron chi connectivity index (χ0n) is 10.7. The third-order valence-electron chi connectivity index (χ3n) is 3.00. The average molecular weight is 291 g/mol. The smallest absolute Gasteiger partial charge is 0.163 e. The van der Waals surface area contributed by atoms with Gasteiger partial charge in [-0.05, 0) is 30.7 Å². The SMILES string of the molecule is CCc1cc2c(N)nc(-c3ccc(F)c(F)c3)nc2s1. The first-order chi connectivity index (χ1) is 9.58. The number of nitrogens with zero attached hydrogens (tertiary/aromatic N) is 2. The Bertz CT molecular complexity index is 798.